The van der Waals surface area contributed by atoms with Crippen LogP contribution < -0.4 is 10.0 Å². The van der Waals surface area contributed by atoms with Gasteiger partial charge in [-0.3, -0.25) is 0 Å². The topological polar surface area (TPSA) is 95.5 Å². The number of hydrogen-bond acceptors (Lipinski definition) is 4. The van der Waals surface area contributed by atoms with Gasteiger partial charge in [-0.25, -0.2) is 17.9 Å². The molecule has 1 aromatic carbocycles. The van der Waals surface area contributed by atoms with Crippen molar-refractivity contribution < 1.29 is 18.3 Å². The largest absolute Gasteiger partial charge is 0.478 e. The second-order valence-electron chi connectivity index (χ2n) is 5.96. The van der Waals surface area contributed by atoms with Crippen molar-refractivity contribution in [2.75, 3.05) is 11.9 Å². The van der Waals surface area contributed by atoms with Crippen LogP contribution in [0.15, 0.2) is 23.1 Å². The summed E-state index contributed by atoms with van der Waals surface area (Å²) in [5.74, 6) is -1.15. The number of hydrogen-bond donors (Lipinski definition) is 3. The maximum Gasteiger partial charge on any atom is 0.337 e. The van der Waals surface area contributed by atoms with Gasteiger partial charge in [0.25, 0.3) is 0 Å². The van der Waals surface area contributed by atoms with E-state index in [9.17, 15) is 18.3 Å². The molecule has 0 saturated heterocycles. The molecule has 0 amide bonds. The van der Waals surface area contributed by atoms with Crippen LogP contribution in [0.1, 0.15) is 63.2 Å². The third kappa shape index (κ3) is 6.13. The summed E-state index contributed by atoms with van der Waals surface area (Å²) in [6.45, 7) is 6.52. The Morgan fingerprint density at radius 2 is 1.92 bits per heavy atom. The number of nitrogens with one attached hydrogen (secondary N) is 2. The zero-order valence-corrected chi connectivity index (χ0v) is 15.4. The molecule has 0 spiro atoms. The molecule has 0 aliphatic rings. The molecule has 0 aliphatic heterocycles. The lowest BCUT2D eigenvalue weighted by Gasteiger charge is -2.15. The molecule has 0 heterocycles. The first-order valence-corrected chi connectivity index (χ1v) is 9.93. The number of rotatable bonds is 11. The lowest BCUT2D eigenvalue weighted by molar-refractivity contribution is 0.0697. The number of carboxylic acids is 1. The standard InChI is InChI=1S/C17H28N2O4S/c1-4-6-7-11-18-16-10-9-14(12-15(16)17(20)21)24(22,23)19-13(3)8-5-2/h9-10,12-13,18-19H,4-8,11H2,1-3H3,(H,20,21)/t13-/m0/s1. The molecule has 6 nitrogen and oxygen atoms in total. The highest BCUT2D eigenvalue weighted by molar-refractivity contribution is 7.89. The fourth-order valence-corrected chi connectivity index (χ4v) is 3.75. The summed E-state index contributed by atoms with van der Waals surface area (Å²) in [7, 11) is -3.72. The van der Waals surface area contributed by atoms with Crippen molar-refractivity contribution in [3.63, 3.8) is 0 Å². The number of carbonyl (C=O) groups is 1. The first-order chi connectivity index (χ1) is 11.3. The molecule has 0 bridgehead atoms. The summed E-state index contributed by atoms with van der Waals surface area (Å²) in [4.78, 5) is 11.4. The molecule has 0 aliphatic carbocycles. The van der Waals surface area contributed by atoms with Gasteiger partial charge in [0.05, 0.1) is 10.5 Å². The molecule has 136 valence electrons. The van der Waals surface area contributed by atoms with Crippen LogP contribution in [-0.2, 0) is 10.0 Å². The molecular weight excluding hydrogens is 328 g/mol. The van der Waals surface area contributed by atoms with Gasteiger partial charge in [-0.2, -0.15) is 0 Å². The maximum atomic E-state index is 12.4. The molecule has 7 heteroatoms. The monoisotopic (exact) mass is 356 g/mol. The molecule has 3 N–H and O–H groups in total. The minimum atomic E-state index is -3.72. The van der Waals surface area contributed by atoms with E-state index in [-0.39, 0.29) is 16.5 Å². The van der Waals surface area contributed by atoms with Gasteiger partial charge >= 0.3 is 5.97 Å². The lowest BCUT2D eigenvalue weighted by atomic mass is 10.1. The van der Waals surface area contributed by atoms with Crippen molar-refractivity contribution in [1.82, 2.24) is 4.72 Å². The Bertz CT molecular complexity index is 644. The minimum absolute atomic E-state index is 0.0260. The summed E-state index contributed by atoms with van der Waals surface area (Å²) in [6.07, 6.45) is 4.66. The van der Waals surface area contributed by atoms with Gasteiger partial charge in [0.1, 0.15) is 0 Å². The number of benzene rings is 1. The summed E-state index contributed by atoms with van der Waals surface area (Å²) < 4.78 is 27.3. The third-order valence-corrected chi connectivity index (χ3v) is 5.29. The van der Waals surface area contributed by atoms with Crippen LogP contribution in [0.25, 0.3) is 0 Å². The van der Waals surface area contributed by atoms with E-state index in [0.29, 0.717) is 12.2 Å². The molecule has 24 heavy (non-hydrogen) atoms. The summed E-state index contributed by atoms with van der Waals surface area (Å²) in [5, 5.41) is 12.4. The number of carboxylic acid groups (broad SMARTS) is 1. The highest BCUT2D eigenvalue weighted by Crippen LogP contribution is 2.21. The van der Waals surface area contributed by atoms with E-state index in [2.05, 4.69) is 17.0 Å². The number of unbranched alkanes of at least 4 members (excludes halogenated alkanes) is 2. The fourth-order valence-electron chi connectivity index (χ4n) is 2.44. The van der Waals surface area contributed by atoms with E-state index >= 15 is 0 Å². The third-order valence-electron chi connectivity index (χ3n) is 3.71. The zero-order chi connectivity index (χ0) is 18.2. The Morgan fingerprint density at radius 3 is 2.50 bits per heavy atom. The van der Waals surface area contributed by atoms with E-state index in [1.165, 1.54) is 18.2 Å². The summed E-state index contributed by atoms with van der Waals surface area (Å²) in [6, 6.07) is 3.98. The molecule has 0 radical (unpaired) electrons. The maximum absolute atomic E-state index is 12.4. The average Bonchev–Trinajstić information content (AvgIpc) is 2.51. The molecule has 1 atom stereocenters. The van der Waals surface area contributed by atoms with E-state index in [0.717, 1.165) is 32.1 Å². The minimum Gasteiger partial charge on any atom is -0.478 e. The summed E-state index contributed by atoms with van der Waals surface area (Å²) in [5.41, 5.74) is 0.414. The second-order valence-corrected chi connectivity index (χ2v) is 7.67. The van der Waals surface area contributed by atoms with Gasteiger partial charge < -0.3 is 10.4 Å². The first kappa shape index (κ1) is 20.4. The highest BCUT2D eigenvalue weighted by atomic mass is 32.2. The van der Waals surface area contributed by atoms with Crippen LogP contribution in [0.4, 0.5) is 5.69 Å². The highest BCUT2D eigenvalue weighted by Gasteiger charge is 2.20. The zero-order valence-electron chi connectivity index (χ0n) is 14.6. The summed E-state index contributed by atoms with van der Waals surface area (Å²) >= 11 is 0. The molecule has 0 aromatic heterocycles. The van der Waals surface area contributed by atoms with Crippen molar-refractivity contribution in [3.05, 3.63) is 23.8 Å². The smallest absolute Gasteiger partial charge is 0.337 e. The van der Waals surface area contributed by atoms with Gasteiger partial charge in [-0.1, -0.05) is 33.1 Å². The van der Waals surface area contributed by atoms with Crippen LogP contribution >= 0.6 is 0 Å². The Hall–Kier alpha value is -1.60. The molecular formula is C17H28N2O4S. The van der Waals surface area contributed by atoms with Crippen molar-refractivity contribution in [3.8, 4) is 0 Å². The van der Waals surface area contributed by atoms with Crippen molar-refractivity contribution in [2.24, 2.45) is 0 Å². The second kappa shape index (κ2) is 9.64. The normalized spacial score (nSPS) is 12.8. The van der Waals surface area contributed by atoms with Crippen LogP contribution in [0.5, 0.6) is 0 Å². The van der Waals surface area contributed by atoms with Crippen molar-refractivity contribution >= 4 is 21.7 Å². The SMILES string of the molecule is CCCCCNc1ccc(S(=O)(=O)N[C@@H](C)CCC)cc1C(=O)O. The fraction of sp³-hybridized carbons (Fsp3) is 0.588. The number of aromatic carboxylic acids is 1. The average molecular weight is 356 g/mol. The Kier molecular flexibility index (Phi) is 8.21. The predicted octanol–water partition coefficient (Wildman–Crippen LogP) is 3.45. The van der Waals surface area contributed by atoms with E-state index in [4.69, 9.17) is 0 Å². The molecule has 0 fully saturated rings. The van der Waals surface area contributed by atoms with Crippen molar-refractivity contribution in [2.45, 2.75) is 63.8 Å². The van der Waals surface area contributed by atoms with Gasteiger partial charge in [-0.15, -0.1) is 0 Å². The molecule has 0 saturated carbocycles. The van der Waals surface area contributed by atoms with Crippen molar-refractivity contribution in [1.29, 1.82) is 0 Å². The van der Waals surface area contributed by atoms with Crippen LogP contribution in [0.3, 0.4) is 0 Å². The van der Waals surface area contributed by atoms with Gasteiger partial charge in [-0.05, 0) is 38.0 Å². The predicted molar refractivity (Wildman–Crippen MR) is 96.1 cm³/mol. The van der Waals surface area contributed by atoms with E-state index < -0.39 is 16.0 Å². The van der Waals surface area contributed by atoms with E-state index in [1.54, 1.807) is 6.92 Å². The molecule has 1 aromatic rings. The van der Waals surface area contributed by atoms with Crippen LogP contribution in [0, 0.1) is 0 Å². The molecule has 1 rings (SSSR count). The number of sulfonamides is 1. The first-order valence-electron chi connectivity index (χ1n) is 8.45. The molecule has 0 unspecified atom stereocenters. The Morgan fingerprint density at radius 1 is 1.21 bits per heavy atom. The van der Waals surface area contributed by atoms with Gasteiger partial charge in [0.15, 0.2) is 0 Å². The van der Waals surface area contributed by atoms with E-state index in [1.807, 2.05) is 6.92 Å². The number of anilines is 1. The van der Waals surface area contributed by atoms with Crippen LogP contribution in [-0.4, -0.2) is 32.1 Å². The van der Waals surface area contributed by atoms with Gasteiger partial charge in [0.2, 0.25) is 10.0 Å². The lowest BCUT2D eigenvalue weighted by Crippen LogP contribution is -2.32. The van der Waals surface area contributed by atoms with Crippen LogP contribution in [0.2, 0.25) is 0 Å². The quantitative estimate of drug-likeness (QED) is 0.528. The van der Waals surface area contributed by atoms with Gasteiger partial charge in [0, 0.05) is 18.3 Å². The Labute approximate surface area is 144 Å². The Balaban J connectivity index is 2.98.